The van der Waals surface area contributed by atoms with Crippen molar-refractivity contribution in [3.8, 4) is 0 Å². The molecular weight excluding hydrogens is 272 g/mol. The first kappa shape index (κ1) is 15.8. The van der Waals surface area contributed by atoms with Gasteiger partial charge in [-0.25, -0.2) is 4.79 Å². The fourth-order valence-corrected chi connectivity index (χ4v) is 5.38. The van der Waals surface area contributed by atoms with Crippen molar-refractivity contribution < 1.29 is 9.53 Å². The summed E-state index contributed by atoms with van der Waals surface area (Å²) in [5, 5.41) is 0. The van der Waals surface area contributed by atoms with E-state index in [2.05, 4.69) is 27.4 Å². The smallest absolute Gasteiger partial charge is 0.331 e. The summed E-state index contributed by atoms with van der Waals surface area (Å²) in [6, 6.07) is 0. The van der Waals surface area contributed by atoms with Gasteiger partial charge in [0, 0.05) is 6.08 Å². The van der Waals surface area contributed by atoms with E-state index < -0.39 is 0 Å². The highest BCUT2D eigenvalue weighted by Crippen LogP contribution is 2.62. The number of hydrogen-bond donors (Lipinski definition) is 0. The molecule has 4 unspecified atom stereocenters. The normalized spacial score (nSPS) is 41.9. The van der Waals surface area contributed by atoms with Crippen LogP contribution in [-0.2, 0) is 9.53 Å². The fourth-order valence-electron chi connectivity index (χ4n) is 5.38. The second-order valence-corrected chi connectivity index (χ2v) is 8.32. The summed E-state index contributed by atoms with van der Waals surface area (Å²) in [5.74, 6) is 1.33. The first-order valence-electron chi connectivity index (χ1n) is 8.91. The summed E-state index contributed by atoms with van der Waals surface area (Å²) in [7, 11) is 0. The van der Waals surface area contributed by atoms with Crippen LogP contribution < -0.4 is 0 Å². The topological polar surface area (TPSA) is 26.3 Å². The molecule has 2 aliphatic carbocycles. The second-order valence-electron chi connectivity index (χ2n) is 8.32. The molecule has 1 aliphatic heterocycles. The van der Waals surface area contributed by atoms with Crippen molar-refractivity contribution in [1.82, 2.24) is 0 Å². The van der Waals surface area contributed by atoms with Crippen molar-refractivity contribution in [2.24, 2.45) is 22.7 Å². The van der Waals surface area contributed by atoms with E-state index in [9.17, 15) is 4.79 Å². The summed E-state index contributed by atoms with van der Waals surface area (Å²) in [6.45, 7) is 12.3. The van der Waals surface area contributed by atoms with Crippen molar-refractivity contribution in [3.05, 3.63) is 23.8 Å². The average Bonchev–Trinajstić information content (AvgIpc) is 2.90. The lowest BCUT2D eigenvalue weighted by atomic mass is 9.46. The number of carbonyl (C=O) groups excluding carboxylic acids is 1. The Balaban J connectivity index is 1.80. The van der Waals surface area contributed by atoms with Gasteiger partial charge in [0.25, 0.3) is 0 Å². The second kappa shape index (κ2) is 5.54. The molecular formula is C20H30O2. The van der Waals surface area contributed by atoms with Crippen LogP contribution in [0.25, 0.3) is 0 Å². The molecule has 0 amide bonds. The first-order valence-corrected chi connectivity index (χ1v) is 8.91. The molecule has 22 heavy (non-hydrogen) atoms. The van der Waals surface area contributed by atoms with Gasteiger partial charge in [-0.2, -0.15) is 0 Å². The highest BCUT2D eigenvalue weighted by Gasteiger charge is 2.53. The quantitative estimate of drug-likeness (QED) is 0.539. The van der Waals surface area contributed by atoms with Crippen molar-refractivity contribution in [2.45, 2.75) is 65.7 Å². The van der Waals surface area contributed by atoms with Gasteiger partial charge in [0.2, 0.25) is 0 Å². The van der Waals surface area contributed by atoms with Crippen LogP contribution in [0.1, 0.15) is 65.7 Å². The SMILES string of the molecule is C=C1CCCC2C1(C)CCC(C)C2(C)CCC1=CC(=O)OC1. The van der Waals surface area contributed by atoms with Crippen molar-refractivity contribution in [1.29, 1.82) is 0 Å². The number of carbonyl (C=O) groups is 1. The molecule has 1 heterocycles. The van der Waals surface area contributed by atoms with Gasteiger partial charge >= 0.3 is 5.97 Å². The third kappa shape index (κ3) is 2.45. The fraction of sp³-hybridized carbons (Fsp3) is 0.750. The van der Waals surface area contributed by atoms with Crippen molar-refractivity contribution in [3.63, 3.8) is 0 Å². The van der Waals surface area contributed by atoms with Gasteiger partial charge in [0.1, 0.15) is 6.61 Å². The monoisotopic (exact) mass is 302 g/mol. The number of rotatable bonds is 3. The molecule has 4 atom stereocenters. The maximum Gasteiger partial charge on any atom is 0.331 e. The number of hydrogen-bond acceptors (Lipinski definition) is 2. The standard InChI is InChI=1S/C20H30O2/c1-14-6-5-7-17-19(14,3)10-8-15(2)20(17,4)11-9-16-12-18(21)22-13-16/h12,15,17H,1,5-11,13H2,2-4H3. The van der Waals surface area contributed by atoms with Crippen LogP contribution >= 0.6 is 0 Å². The van der Waals surface area contributed by atoms with E-state index in [4.69, 9.17) is 4.74 Å². The van der Waals surface area contributed by atoms with Gasteiger partial charge in [0.15, 0.2) is 0 Å². The minimum atomic E-state index is -0.160. The van der Waals surface area contributed by atoms with Crippen molar-refractivity contribution in [2.75, 3.05) is 6.61 Å². The third-order valence-electron chi connectivity index (χ3n) is 7.27. The number of cyclic esters (lactones) is 1. The molecule has 2 nitrogen and oxygen atoms in total. The Morgan fingerprint density at radius 2 is 2.14 bits per heavy atom. The summed E-state index contributed by atoms with van der Waals surface area (Å²) >= 11 is 0. The molecule has 3 rings (SSSR count). The number of allylic oxidation sites excluding steroid dienone is 1. The molecule has 0 bridgehead atoms. The molecule has 2 heteroatoms. The Bertz CT molecular complexity index is 518. The highest BCUT2D eigenvalue weighted by molar-refractivity contribution is 5.85. The predicted molar refractivity (Wildman–Crippen MR) is 89.4 cm³/mol. The van der Waals surface area contributed by atoms with Gasteiger partial charge in [-0.3, -0.25) is 0 Å². The molecule has 0 aromatic carbocycles. The maximum atomic E-state index is 11.3. The predicted octanol–water partition coefficient (Wildman–Crippen LogP) is 5.05. The van der Waals surface area contributed by atoms with E-state index in [-0.39, 0.29) is 5.97 Å². The van der Waals surface area contributed by atoms with Crippen LogP contribution in [0.2, 0.25) is 0 Å². The Morgan fingerprint density at radius 1 is 1.36 bits per heavy atom. The van der Waals surface area contributed by atoms with Gasteiger partial charge in [-0.05, 0) is 73.2 Å². The van der Waals surface area contributed by atoms with Crippen LogP contribution in [-0.4, -0.2) is 12.6 Å². The van der Waals surface area contributed by atoms with Crippen LogP contribution in [0.4, 0.5) is 0 Å². The minimum Gasteiger partial charge on any atom is -0.458 e. The Hall–Kier alpha value is -1.05. The molecule has 0 N–H and O–H groups in total. The van der Waals surface area contributed by atoms with Gasteiger partial charge < -0.3 is 4.74 Å². The van der Waals surface area contributed by atoms with Crippen molar-refractivity contribution >= 4 is 5.97 Å². The number of esters is 1. The van der Waals surface area contributed by atoms with Gasteiger partial charge in [-0.15, -0.1) is 0 Å². The molecule has 0 radical (unpaired) electrons. The molecule has 2 fully saturated rings. The van der Waals surface area contributed by atoms with E-state index in [1.54, 1.807) is 6.08 Å². The van der Waals surface area contributed by atoms with Crippen LogP contribution in [0.15, 0.2) is 23.8 Å². The first-order chi connectivity index (χ1) is 10.4. The molecule has 3 aliphatic rings. The minimum absolute atomic E-state index is 0.160. The van der Waals surface area contributed by atoms with E-state index in [0.717, 1.165) is 18.3 Å². The largest absolute Gasteiger partial charge is 0.458 e. The van der Waals surface area contributed by atoms with E-state index in [0.29, 0.717) is 17.4 Å². The van der Waals surface area contributed by atoms with Crippen LogP contribution in [0.3, 0.4) is 0 Å². The molecule has 122 valence electrons. The Kier molecular flexibility index (Phi) is 3.99. The zero-order valence-electron chi connectivity index (χ0n) is 14.4. The molecule has 0 aromatic rings. The Labute approximate surface area is 135 Å². The van der Waals surface area contributed by atoms with E-state index >= 15 is 0 Å². The van der Waals surface area contributed by atoms with Gasteiger partial charge in [0.05, 0.1) is 0 Å². The van der Waals surface area contributed by atoms with E-state index in [1.807, 2.05) is 0 Å². The average molecular weight is 302 g/mol. The zero-order chi connectivity index (χ0) is 16.0. The maximum absolute atomic E-state index is 11.3. The summed E-state index contributed by atoms with van der Waals surface area (Å²) < 4.78 is 5.06. The molecule has 2 saturated carbocycles. The molecule has 0 aromatic heterocycles. The number of fused-ring (bicyclic) bond motifs is 1. The number of ether oxygens (including phenoxy) is 1. The summed E-state index contributed by atoms with van der Waals surface area (Å²) in [6.07, 6.45) is 10.3. The Morgan fingerprint density at radius 3 is 2.82 bits per heavy atom. The summed E-state index contributed by atoms with van der Waals surface area (Å²) in [5.41, 5.74) is 3.35. The molecule has 0 spiro atoms. The van der Waals surface area contributed by atoms with E-state index in [1.165, 1.54) is 49.7 Å². The zero-order valence-corrected chi connectivity index (χ0v) is 14.4. The highest BCUT2D eigenvalue weighted by atomic mass is 16.5. The third-order valence-corrected chi connectivity index (χ3v) is 7.27. The van der Waals surface area contributed by atoms with Crippen LogP contribution in [0, 0.1) is 22.7 Å². The lowest BCUT2D eigenvalue weighted by molar-refractivity contribution is -0.134. The lowest BCUT2D eigenvalue weighted by Gasteiger charge is -2.59. The van der Waals surface area contributed by atoms with Crippen LogP contribution in [0.5, 0.6) is 0 Å². The lowest BCUT2D eigenvalue weighted by Crippen LogP contribution is -2.50. The van der Waals surface area contributed by atoms with Gasteiger partial charge in [-0.1, -0.05) is 32.9 Å². The molecule has 0 saturated heterocycles. The summed E-state index contributed by atoms with van der Waals surface area (Å²) in [4.78, 5) is 11.3.